The van der Waals surface area contributed by atoms with Crippen LogP contribution >= 0.6 is 23.2 Å². The molecule has 0 radical (unpaired) electrons. The molecule has 1 fully saturated rings. The maximum absolute atomic E-state index is 12.6. The molecule has 3 N–H and O–H groups in total. The Balaban J connectivity index is 2.29. The molecule has 0 aliphatic carbocycles. The maximum Gasteiger partial charge on any atom is 0.254 e. The quantitative estimate of drug-likeness (QED) is 0.381. The van der Waals surface area contributed by atoms with Crippen molar-refractivity contribution >= 4 is 34.9 Å². The molecule has 7 heteroatoms. The SMILES string of the molecule is NC(=NO)C1CCCCN1C(=O)c1cc(Cl)cc(Cl)c1. The van der Waals surface area contributed by atoms with Gasteiger partial charge in [0.25, 0.3) is 5.91 Å². The van der Waals surface area contributed by atoms with Crippen molar-refractivity contribution < 1.29 is 10.0 Å². The number of halogens is 2. The molecule has 1 aliphatic heterocycles. The van der Waals surface area contributed by atoms with Gasteiger partial charge in [0.1, 0.15) is 0 Å². The van der Waals surface area contributed by atoms with E-state index in [4.69, 9.17) is 34.1 Å². The summed E-state index contributed by atoms with van der Waals surface area (Å²) >= 11 is 11.8. The molecule has 0 aromatic heterocycles. The molecule has 1 aromatic carbocycles. The number of benzene rings is 1. The van der Waals surface area contributed by atoms with Crippen molar-refractivity contribution in [1.29, 1.82) is 0 Å². The van der Waals surface area contributed by atoms with Crippen LogP contribution in [0.4, 0.5) is 0 Å². The third-order valence-electron chi connectivity index (χ3n) is 3.33. The molecule has 0 bridgehead atoms. The van der Waals surface area contributed by atoms with Crippen LogP contribution in [0.25, 0.3) is 0 Å². The first-order valence-corrected chi connectivity index (χ1v) is 7.03. The number of carbonyl (C=O) groups excluding carboxylic acids is 1. The third-order valence-corrected chi connectivity index (χ3v) is 3.77. The Morgan fingerprint density at radius 2 is 1.95 bits per heavy atom. The van der Waals surface area contributed by atoms with E-state index >= 15 is 0 Å². The molecule has 1 atom stereocenters. The van der Waals surface area contributed by atoms with Crippen LogP contribution in [-0.4, -0.2) is 34.4 Å². The fraction of sp³-hybridized carbons (Fsp3) is 0.385. The third kappa shape index (κ3) is 3.16. The van der Waals surface area contributed by atoms with Crippen LogP contribution < -0.4 is 5.73 Å². The van der Waals surface area contributed by atoms with Crippen molar-refractivity contribution in [3.63, 3.8) is 0 Å². The lowest BCUT2D eigenvalue weighted by atomic mass is 10.00. The highest BCUT2D eigenvalue weighted by Crippen LogP contribution is 2.24. The van der Waals surface area contributed by atoms with E-state index in [1.54, 1.807) is 23.1 Å². The topological polar surface area (TPSA) is 78.9 Å². The second-order valence-electron chi connectivity index (χ2n) is 4.69. The van der Waals surface area contributed by atoms with Crippen LogP contribution in [0.3, 0.4) is 0 Å². The zero-order valence-corrected chi connectivity index (χ0v) is 12.2. The smallest absolute Gasteiger partial charge is 0.254 e. The van der Waals surface area contributed by atoms with Gasteiger partial charge in [-0.15, -0.1) is 0 Å². The van der Waals surface area contributed by atoms with Crippen molar-refractivity contribution in [1.82, 2.24) is 4.90 Å². The average Bonchev–Trinajstić information content (AvgIpc) is 2.44. The molecule has 0 spiro atoms. The number of carbonyl (C=O) groups is 1. The Kier molecular flexibility index (Phi) is 4.73. The van der Waals surface area contributed by atoms with Crippen LogP contribution in [0.15, 0.2) is 23.4 Å². The summed E-state index contributed by atoms with van der Waals surface area (Å²) in [5.41, 5.74) is 6.07. The monoisotopic (exact) mass is 315 g/mol. The van der Waals surface area contributed by atoms with Gasteiger partial charge in [-0.2, -0.15) is 0 Å². The second kappa shape index (κ2) is 6.33. The lowest BCUT2D eigenvalue weighted by Gasteiger charge is -2.34. The molecule has 5 nitrogen and oxygen atoms in total. The zero-order valence-electron chi connectivity index (χ0n) is 10.7. The number of amides is 1. The Bertz CT molecular complexity index is 528. The van der Waals surface area contributed by atoms with E-state index in [-0.39, 0.29) is 17.8 Å². The van der Waals surface area contributed by atoms with Crippen molar-refractivity contribution in [3.05, 3.63) is 33.8 Å². The van der Waals surface area contributed by atoms with Crippen LogP contribution in [0.5, 0.6) is 0 Å². The van der Waals surface area contributed by atoms with Crippen LogP contribution in [0.1, 0.15) is 29.6 Å². The van der Waals surface area contributed by atoms with Gasteiger partial charge in [0.05, 0.1) is 6.04 Å². The van der Waals surface area contributed by atoms with E-state index in [9.17, 15) is 4.79 Å². The van der Waals surface area contributed by atoms with Crippen molar-refractivity contribution in [2.75, 3.05) is 6.54 Å². The lowest BCUT2D eigenvalue weighted by Crippen LogP contribution is -2.50. The molecule has 20 heavy (non-hydrogen) atoms. The molecule has 108 valence electrons. The van der Waals surface area contributed by atoms with Gasteiger partial charge >= 0.3 is 0 Å². The normalized spacial score (nSPS) is 20.0. The highest BCUT2D eigenvalue weighted by molar-refractivity contribution is 6.35. The fourth-order valence-electron chi connectivity index (χ4n) is 2.39. The summed E-state index contributed by atoms with van der Waals surface area (Å²) in [6.07, 6.45) is 2.49. The largest absolute Gasteiger partial charge is 0.409 e. The Morgan fingerprint density at radius 1 is 1.30 bits per heavy atom. The van der Waals surface area contributed by atoms with Crippen molar-refractivity contribution in [2.24, 2.45) is 10.9 Å². The summed E-state index contributed by atoms with van der Waals surface area (Å²) in [5.74, 6) is -0.170. The molecule has 1 heterocycles. The van der Waals surface area contributed by atoms with Gasteiger partial charge in [-0.1, -0.05) is 28.4 Å². The molecule has 1 saturated heterocycles. The molecule has 1 aromatic rings. The number of piperidine rings is 1. The predicted octanol–water partition coefficient (Wildman–Crippen LogP) is 2.73. The van der Waals surface area contributed by atoms with E-state index in [0.717, 1.165) is 12.8 Å². The minimum atomic E-state index is -0.390. The number of likely N-dealkylation sites (tertiary alicyclic amines) is 1. The minimum absolute atomic E-state index is 0.0474. The number of nitrogens with two attached hydrogens (primary N) is 1. The van der Waals surface area contributed by atoms with Crippen LogP contribution in [-0.2, 0) is 0 Å². The number of amidine groups is 1. The molecule has 0 saturated carbocycles. The first-order valence-electron chi connectivity index (χ1n) is 6.27. The number of rotatable bonds is 2. The number of oxime groups is 1. The average molecular weight is 316 g/mol. The number of hydrogen-bond donors (Lipinski definition) is 2. The summed E-state index contributed by atoms with van der Waals surface area (Å²) in [6.45, 7) is 0.559. The summed E-state index contributed by atoms with van der Waals surface area (Å²) in [5, 5.41) is 12.7. The van der Waals surface area contributed by atoms with Gasteiger partial charge in [0.2, 0.25) is 0 Å². The molecule has 1 aliphatic rings. The van der Waals surface area contributed by atoms with Crippen LogP contribution in [0.2, 0.25) is 10.0 Å². The minimum Gasteiger partial charge on any atom is -0.409 e. The second-order valence-corrected chi connectivity index (χ2v) is 5.57. The van der Waals surface area contributed by atoms with Crippen LogP contribution in [0, 0.1) is 0 Å². The molecular formula is C13H15Cl2N3O2. The zero-order chi connectivity index (χ0) is 14.7. The highest BCUT2D eigenvalue weighted by Gasteiger charge is 2.30. The first-order chi connectivity index (χ1) is 9.52. The van der Waals surface area contributed by atoms with E-state index in [2.05, 4.69) is 5.16 Å². The van der Waals surface area contributed by atoms with Gasteiger partial charge in [0, 0.05) is 22.2 Å². The lowest BCUT2D eigenvalue weighted by molar-refractivity contribution is 0.0676. The van der Waals surface area contributed by atoms with E-state index in [1.165, 1.54) is 0 Å². The Morgan fingerprint density at radius 3 is 2.55 bits per heavy atom. The van der Waals surface area contributed by atoms with Crippen molar-refractivity contribution in [2.45, 2.75) is 25.3 Å². The summed E-state index contributed by atoms with van der Waals surface area (Å²) in [6, 6.07) is 4.30. The maximum atomic E-state index is 12.6. The molecule has 1 amide bonds. The summed E-state index contributed by atoms with van der Waals surface area (Å²) in [7, 11) is 0. The number of hydrogen-bond acceptors (Lipinski definition) is 3. The molecular weight excluding hydrogens is 301 g/mol. The standard InChI is InChI=1S/C13H15Cl2N3O2/c14-9-5-8(6-10(15)7-9)13(19)18-4-2-1-3-11(18)12(16)17-20/h5-7,11,20H,1-4H2,(H2,16,17). The van der Waals surface area contributed by atoms with Gasteiger partial charge in [-0.25, -0.2) is 0 Å². The molecule has 1 unspecified atom stereocenters. The van der Waals surface area contributed by atoms with Gasteiger partial charge in [-0.05, 0) is 37.5 Å². The number of nitrogens with zero attached hydrogens (tertiary/aromatic N) is 2. The van der Waals surface area contributed by atoms with E-state index < -0.39 is 0 Å². The van der Waals surface area contributed by atoms with Gasteiger partial charge < -0.3 is 15.8 Å². The predicted molar refractivity (Wildman–Crippen MR) is 78.5 cm³/mol. The Labute approximate surface area is 126 Å². The van der Waals surface area contributed by atoms with Crippen molar-refractivity contribution in [3.8, 4) is 0 Å². The van der Waals surface area contributed by atoms with Gasteiger partial charge in [-0.3, -0.25) is 4.79 Å². The van der Waals surface area contributed by atoms with E-state index in [1.807, 2.05) is 0 Å². The van der Waals surface area contributed by atoms with Gasteiger partial charge in [0.15, 0.2) is 5.84 Å². The highest BCUT2D eigenvalue weighted by atomic mass is 35.5. The van der Waals surface area contributed by atoms with E-state index in [0.29, 0.717) is 28.6 Å². The Hall–Kier alpha value is -1.46. The first kappa shape index (κ1) is 14.9. The summed E-state index contributed by atoms with van der Waals surface area (Å²) in [4.78, 5) is 14.1. The fourth-order valence-corrected chi connectivity index (χ4v) is 2.92. The molecule has 2 rings (SSSR count). The summed E-state index contributed by atoms with van der Waals surface area (Å²) < 4.78 is 0.